The van der Waals surface area contributed by atoms with Crippen molar-refractivity contribution >= 4 is 17.6 Å². The van der Waals surface area contributed by atoms with Crippen LogP contribution in [0, 0.1) is 13.8 Å². The summed E-state index contributed by atoms with van der Waals surface area (Å²) in [5.41, 5.74) is 2.49. The van der Waals surface area contributed by atoms with E-state index in [4.69, 9.17) is 0 Å². The molecule has 2 amide bonds. The zero-order chi connectivity index (χ0) is 21.8. The van der Waals surface area contributed by atoms with E-state index in [0.29, 0.717) is 31.7 Å². The van der Waals surface area contributed by atoms with Crippen LogP contribution < -0.4 is 10.2 Å². The van der Waals surface area contributed by atoms with Gasteiger partial charge in [0.1, 0.15) is 12.1 Å². The first-order valence-electron chi connectivity index (χ1n) is 10.2. The van der Waals surface area contributed by atoms with Crippen molar-refractivity contribution in [3.8, 4) is 5.82 Å². The monoisotopic (exact) mass is 419 g/mol. The van der Waals surface area contributed by atoms with Crippen LogP contribution in [-0.2, 0) is 4.79 Å². The van der Waals surface area contributed by atoms with E-state index in [1.54, 1.807) is 33.8 Å². The number of carbonyl (C=O) groups is 2. The van der Waals surface area contributed by atoms with Gasteiger partial charge in [0.2, 0.25) is 5.91 Å². The van der Waals surface area contributed by atoms with Crippen molar-refractivity contribution in [1.82, 2.24) is 30.0 Å². The first kappa shape index (κ1) is 20.5. The van der Waals surface area contributed by atoms with Gasteiger partial charge in [-0.3, -0.25) is 9.59 Å². The summed E-state index contributed by atoms with van der Waals surface area (Å²) < 4.78 is 1.80. The van der Waals surface area contributed by atoms with Crippen LogP contribution in [0.4, 0.5) is 5.82 Å². The van der Waals surface area contributed by atoms with Crippen LogP contribution in [0.2, 0.25) is 0 Å². The molecule has 0 saturated carbocycles. The average molecular weight is 419 g/mol. The Morgan fingerprint density at radius 1 is 0.968 bits per heavy atom. The van der Waals surface area contributed by atoms with Crippen LogP contribution in [0.1, 0.15) is 21.7 Å². The van der Waals surface area contributed by atoms with Crippen molar-refractivity contribution in [2.75, 3.05) is 37.6 Å². The van der Waals surface area contributed by atoms with Crippen LogP contribution in [0.15, 0.2) is 48.8 Å². The Hall–Kier alpha value is -3.75. The van der Waals surface area contributed by atoms with Crippen LogP contribution >= 0.6 is 0 Å². The first-order valence-corrected chi connectivity index (χ1v) is 10.2. The molecule has 0 bridgehead atoms. The maximum absolute atomic E-state index is 12.5. The van der Waals surface area contributed by atoms with Gasteiger partial charge in [0.15, 0.2) is 5.82 Å². The second kappa shape index (κ2) is 8.95. The summed E-state index contributed by atoms with van der Waals surface area (Å²) >= 11 is 0. The molecule has 9 heteroatoms. The van der Waals surface area contributed by atoms with Crippen LogP contribution in [0.3, 0.4) is 0 Å². The molecule has 0 unspecified atom stereocenters. The number of piperazine rings is 1. The fourth-order valence-electron chi connectivity index (χ4n) is 3.63. The Labute approximate surface area is 180 Å². The topological polar surface area (TPSA) is 96.2 Å². The van der Waals surface area contributed by atoms with E-state index in [1.807, 2.05) is 32.0 Å². The maximum atomic E-state index is 12.5. The number of hydrogen-bond donors (Lipinski definition) is 1. The van der Waals surface area contributed by atoms with Crippen molar-refractivity contribution in [3.05, 3.63) is 65.7 Å². The molecule has 1 fully saturated rings. The molecule has 1 aromatic carbocycles. The van der Waals surface area contributed by atoms with Crippen molar-refractivity contribution in [2.45, 2.75) is 13.8 Å². The van der Waals surface area contributed by atoms with E-state index in [9.17, 15) is 9.59 Å². The Morgan fingerprint density at radius 3 is 2.35 bits per heavy atom. The summed E-state index contributed by atoms with van der Waals surface area (Å²) in [6.45, 7) is 6.38. The zero-order valence-corrected chi connectivity index (χ0v) is 17.7. The lowest BCUT2D eigenvalue weighted by molar-refractivity contribution is -0.130. The maximum Gasteiger partial charge on any atom is 0.251 e. The van der Waals surface area contributed by atoms with Crippen LogP contribution in [-0.4, -0.2) is 69.2 Å². The molecule has 0 radical (unpaired) electrons. The molecule has 31 heavy (non-hydrogen) atoms. The van der Waals surface area contributed by atoms with Crippen molar-refractivity contribution in [3.63, 3.8) is 0 Å². The average Bonchev–Trinajstić information content (AvgIpc) is 3.16. The molecule has 0 atom stereocenters. The lowest BCUT2D eigenvalue weighted by atomic mass is 10.2. The molecular weight excluding hydrogens is 394 g/mol. The highest BCUT2D eigenvalue weighted by Crippen LogP contribution is 2.17. The predicted molar refractivity (Wildman–Crippen MR) is 116 cm³/mol. The normalized spacial score (nSPS) is 13.9. The number of hydrogen-bond acceptors (Lipinski definition) is 6. The summed E-state index contributed by atoms with van der Waals surface area (Å²) in [5.74, 6) is 1.19. The number of nitrogens with zero attached hydrogens (tertiary/aromatic N) is 6. The third-order valence-corrected chi connectivity index (χ3v) is 5.26. The Morgan fingerprint density at radius 2 is 1.68 bits per heavy atom. The SMILES string of the molecule is Cc1cc(C)n(-c2cc(N3CCN(C(=O)CNC(=O)c4ccccc4)CC3)ncn2)n1. The van der Waals surface area contributed by atoms with E-state index in [2.05, 4.69) is 25.3 Å². The molecule has 1 N–H and O–H groups in total. The molecule has 1 saturated heterocycles. The Balaban J connectivity index is 1.32. The minimum Gasteiger partial charge on any atom is -0.353 e. The predicted octanol–water partition coefficient (Wildman–Crippen LogP) is 1.36. The second-order valence-electron chi connectivity index (χ2n) is 7.49. The van der Waals surface area contributed by atoms with Gasteiger partial charge in [0.25, 0.3) is 5.91 Å². The van der Waals surface area contributed by atoms with Crippen molar-refractivity contribution < 1.29 is 9.59 Å². The second-order valence-corrected chi connectivity index (χ2v) is 7.49. The van der Waals surface area contributed by atoms with Gasteiger partial charge in [-0.2, -0.15) is 5.10 Å². The van der Waals surface area contributed by atoms with E-state index in [-0.39, 0.29) is 18.4 Å². The zero-order valence-electron chi connectivity index (χ0n) is 17.7. The van der Waals surface area contributed by atoms with Crippen molar-refractivity contribution in [1.29, 1.82) is 0 Å². The number of aromatic nitrogens is 4. The molecule has 0 spiro atoms. The summed E-state index contributed by atoms with van der Waals surface area (Å²) in [5, 5.41) is 7.18. The highest BCUT2D eigenvalue weighted by atomic mass is 16.2. The molecule has 3 aromatic rings. The molecule has 2 aromatic heterocycles. The fourth-order valence-corrected chi connectivity index (χ4v) is 3.63. The molecule has 1 aliphatic rings. The Bertz CT molecular complexity index is 1070. The van der Waals surface area contributed by atoms with Gasteiger partial charge in [0, 0.05) is 43.5 Å². The number of benzene rings is 1. The van der Waals surface area contributed by atoms with E-state index < -0.39 is 0 Å². The Kier molecular flexibility index (Phi) is 5.92. The number of carbonyl (C=O) groups excluding carboxylic acids is 2. The lowest BCUT2D eigenvalue weighted by Crippen LogP contribution is -2.51. The molecule has 4 rings (SSSR count). The number of anilines is 1. The van der Waals surface area contributed by atoms with Crippen LogP contribution in [0.5, 0.6) is 0 Å². The summed E-state index contributed by atoms with van der Waals surface area (Å²) in [4.78, 5) is 37.3. The van der Waals surface area contributed by atoms with Gasteiger partial charge in [-0.05, 0) is 32.0 Å². The number of amides is 2. The number of nitrogens with one attached hydrogen (secondary N) is 1. The van der Waals surface area contributed by atoms with E-state index in [0.717, 1.165) is 23.0 Å². The minimum absolute atomic E-state index is 0.0106. The van der Waals surface area contributed by atoms with Crippen LogP contribution in [0.25, 0.3) is 5.82 Å². The van der Waals surface area contributed by atoms with Gasteiger partial charge in [-0.15, -0.1) is 0 Å². The summed E-state index contributed by atoms with van der Waals surface area (Å²) in [6.07, 6.45) is 1.54. The molecule has 0 aliphatic carbocycles. The van der Waals surface area contributed by atoms with Gasteiger partial charge in [-0.25, -0.2) is 14.6 Å². The quantitative estimate of drug-likeness (QED) is 0.671. The molecular formula is C22H25N7O2. The smallest absolute Gasteiger partial charge is 0.251 e. The highest BCUT2D eigenvalue weighted by Gasteiger charge is 2.23. The van der Waals surface area contributed by atoms with Gasteiger partial charge in [0.05, 0.1) is 12.2 Å². The molecule has 1 aliphatic heterocycles. The lowest BCUT2D eigenvalue weighted by Gasteiger charge is -2.35. The molecule has 160 valence electrons. The highest BCUT2D eigenvalue weighted by molar-refractivity contribution is 5.96. The van der Waals surface area contributed by atoms with Gasteiger partial charge < -0.3 is 15.1 Å². The third-order valence-electron chi connectivity index (χ3n) is 5.26. The third kappa shape index (κ3) is 4.71. The van der Waals surface area contributed by atoms with E-state index in [1.165, 1.54) is 6.33 Å². The molecule has 3 heterocycles. The van der Waals surface area contributed by atoms with Crippen molar-refractivity contribution in [2.24, 2.45) is 0 Å². The number of rotatable bonds is 5. The number of aryl methyl sites for hydroxylation is 2. The van der Waals surface area contributed by atoms with E-state index >= 15 is 0 Å². The van der Waals surface area contributed by atoms with Gasteiger partial charge in [-0.1, -0.05) is 18.2 Å². The summed E-state index contributed by atoms with van der Waals surface area (Å²) in [7, 11) is 0. The molecule has 9 nitrogen and oxygen atoms in total. The van der Waals surface area contributed by atoms with Gasteiger partial charge >= 0.3 is 0 Å². The standard InChI is InChI=1S/C22H25N7O2/c1-16-12-17(2)29(26-16)20-13-19(24-15-25-20)27-8-10-28(11-9-27)21(30)14-23-22(31)18-6-4-3-5-7-18/h3-7,12-13,15H,8-11,14H2,1-2H3,(H,23,31). The summed E-state index contributed by atoms with van der Waals surface area (Å²) in [6, 6.07) is 12.8. The minimum atomic E-state index is -0.245. The fraction of sp³-hybridized carbons (Fsp3) is 0.318. The first-order chi connectivity index (χ1) is 15.0. The largest absolute Gasteiger partial charge is 0.353 e.